The first-order valence-corrected chi connectivity index (χ1v) is 11.8. The van der Waals surface area contributed by atoms with Crippen molar-refractivity contribution in [1.29, 1.82) is 0 Å². The smallest absolute Gasteiger partial charge is 0.336 e. The molecule has 7 heteroatoms. The Morgan fingerprint density at radius 3 is 2.59 bits per heavy atom. The molecule has 1 N–H and O–H groups in total. The first-order valence-electron chi connectivity index (χ1n) is 11.4. The molecule has 0 spiro atoms. The Morgan fingerprint density at radius 1 is 1.12 bits per heavy atom. The molecule has 34 heavy (non-hydrogen) atoms. The third-order valence-electron chi connectivity index (χ3n) is 6.10. The number of nitrogens with one attached hydrogen (secondary N) is 1. The van der Waals surface area contributed by atoms with E-state index < -0.39 is 11.9 Å². The maximum Gasteiger partial charge on any atom is 0.336 e. The van der Waals surface area contributed by atoms with Gasteiger partial charge in [-0.2, -0.15) is 0 Å². The monoisotopic (exact) mass is 481 g/mol. The summed E-state index contributed by atoms with van der Waals surface area (Å²) in [6, 6.07) is 13.0. The van der Waals surface area contributed by atoms with Gasteiger partial charge in [-0.25, -0.2) is 4.79 Å². The second-order valence-corrected chi connectivity index (χ2v) is 8.75. The van der Waals surface area contributed by atoms with Crippen LogP contribution in [0.2, 0.25) is 5.02 Å². The van der Waals surface area contributed by atoms with Gasteiger partial charge in [-0.15, -0.1) is 0 Å². The number of methoxy groups -OCH3 is 1. The minimum Gasteiger partial charge on any atom is -0.493 e. The minimum absolute atomic E-state index is 0.0510. The van der Waals surface area contributed by atoms with E-state index in [1.807, 2.05) is 49.4 Å². The van der Waals surface area contributed by atoms with Gasteiger partial charge in [-0.05, 0) is 62.1 Å². The number of esters is 1. The second kappa shape index (κ2) is 10.3. The van der Waals surface area contributed by atoms with E-state index in [4.69, 9.17) is 25.8 Å². The van der Waals surface area contributed by atoms with E-state index in [-0.39, 0.29) is 12.4 Å². The van der Waals surface area contributed by atoms with Crippen molar-refractivity contribution in [3.8, 4) is 11.5 Å². The molecule has 1 aliphatic carbocycles. The van der Waals surface area contributed by atoms with E-state index in [1.165, 1.54) is 0 Å². The fraction of sp³-hybridized carbons (Fsp3) is 0.333. The molecule has 6 nitrogen and oxygen atoms in total. The molecule has 178 valence electrons. The average Bonchev–Trinajstić information content (AvgIpc) is 2.83. The van der Waals surface area contributed by atoms with Crippen LogP contribution in [-0.2, 0) is 20.9 Å². The molecule has 0 amide bonds. The normalized spacial score (nSPS) is 17.8. The van der Waals surface area contributed by atoms with Crippen LogP contribution in [0.3, 0.4) is 0 Å². The van der Waals surface area contributed by atoms with Gasteiger partial charge >= 0.3 is 5.97 Å². The van der Waals surface area contributed by atoms with Crippen LogP contribution in [0.15, 0.2) is 65.0 Å². The molecule has 0 fully saturated rings. The molecule has 2 aromatic carbocycles. The summed E-state index contributed by atoms with van der Waals surface area (Å²) in [7, 11) is 1.57. The highest BCUT2D eigenvalue weighted by molar-refractivity contribution is 6.30. The van der Waals surface area contributed by atoms with Gasteiger partial charge in [0.05, 0.1) is 19.3 Å². The van der Waals surface area contributed by atoms with Gasteiger partial charge in [0, 0.05) is 34.3 Å². The Hall–Kier alpha value is -3.25. The van der Waals surface area contributed by atoms with Crippen molar-refractivity contribution in [3.63, 3.8) is 0 Å². The molecule has 2 aliphatic rings. The molecule has 1 atom stereocenters. The van der Waals surface area contributed by atoms with Crippen molar-refractivity contribution in [1.82, 2.24) is 5.32 Å². The lowest BCUT2D eigenvalue weighted by Gasteiger charge is -2.34. The van der Waals surface area contributed by atoms with E-state index >= 15 is 0 Å². The Morgan fingerprint density at radius 2 is 1.88 bits per heavy atom. The number of carbonyl (C=O) groups excluding carboxylic acids is 2. The van der Waals surface area contributed by atoms with Gasteiger partial charge in [0.15, 0.2) is 17.3 Å². The molecule has 1 heterocycles. The average molecular weight is 482 g/mol. The maximum absolute atomic E-state index is 13.0. The standard InChI is InChI=1S/C27H28ClNO5/c1-4-33-27(31)24-16(2)29-20-6-5-7-21(30)26(20)25(24)18-10-13-22(23(14-18)32-3)34-15-17-8-11-19(28)12-9-17/h8-14,25,29H,4-7,15H2,1-3H3/t25-/m0/s1. The summed E-state index contributed by atoms with van der Waals surface area (Å²) < 4.78 is 17.0. The van der Waals surface area contributed by atoms with Gasteiger partial charge in [-0.1, -0.05) is 29.8 Å². The second-order valence-electron chi connectivity index (χ2n) is 8.31. The zero-order valence-electron chi connectivity index (χ0n) is 19.6. The van der Waals surface area contributed by atoms with Crippen molar-refractivity contribution in [3.05, 3.63) is 81.2 Å². The van der Waals surface area contributed by atoms with Gasteiger partial charge in [-0.3, -0.25) is 4.79 Å². The molecule has 0 bridgehead atoms. The number of dihydropyridines is 1. The van der Waals surface area contributed by atoms with Gasteiger partial charge in [0.1, 0.15) is 6.61 Å². The van der Waals surface area contributed by atoms with Crippen LogP contribution < -0.4 is 14.8 Å². The highest BCUT2D eigenvalue weighted by atomic mass is 35.5. The maximum atomic E-state index is 13.0. The predicted octanol–water partition coefficient (Wildman–Crippen LogP) is 5.46. The summed E-state index contributed by atoms with van der Waals surface area (Å²) in [5.74, 6) is 0.191. The van der Waals surface area contributed by atoms with Crippen molar-refractivity contribution in [2.75, 3.05) is 13.7 Å². The minimum atomic E-state index is -0.526. The lowest BCUT2D eigenvalue weighted by Crippen LogP contribution is -2.34. The van der Waals surface area contributed by atoms with Crippen LogP contribution >= 0.6 is 11.6 Å². The third kappa shape index (κ3) is 4.82. The van der Waals surface area contributed by atoms with Crippen LogP contribution in [-0.4, -0.2) is 25.5 Å². The highest BCUT2D eigenvalue weighted by Crippen LogP contribution is 2.44. The van der Waals surface area contributed by atoms with Crippen molar-refractivity contribution >= 4 is 23.4 Å². The third-order valence-corrected chi connectivity index (χ3v) is 6.35. The van der Waals surface area contributed by atoms with E-state index in [0.717, 1.165) is 29.7 Å². The highest BCUT2D eigenvalue weighted by Gasteiger charge is 2.39. The number of hydrogen-bond acceptors (Lipinski definition) is 6. The molecule has 0 radical (unpaired) electrons. The predicted molar refractivity (Wildman–Crippen MR) is 130 cm³/mol. The van der Waals surface area contributed by atoms with Gasteiger partial charge in [0.25, 0.3) is 0 Å². The number of halogens is 1. The molecule has 2 aromatic rings. The number of ether oxygens (including phenoxy) is 3. The fourth-order valence-electron chi connectivity index (χ4n) is 4.52. The summed E-state index contributed by atoms with van der Waals surface area (Å²) in [6.45, 7) is 4.22. The van der Waals surface area contributed by atoms with Crippen LogP contribution in [0.4, 0.5) is 0 Å². The molecule has 0 unspecified atom stereocenters. The van der Waals surface area contributed by atoms with Crippen molar-refractivity contribution < 1.29 is 23.8 Å². The number of hydrogen-bond donors (Lipinski definition) is 1. The van der Waals surface area contributed by atoms with Crippen LogP contribution in [0, 0.1) is 0 Å². The number of carbonyl (C=O) groups is 2. The van der Waals surface area contributed by atoms with E-state index in [2.05, 4.69) is 5.32 Å². The van der Waals surface area contributed by atoms with E-state index in [9.17, 15) is 9.59 Å². The molecule has 0 saturated carbocycles. The number of Topliss-reactive ketones (excluding diaryl/α,β-unsaturated/α-hetero) is 1. The van der Waals surface area contributed by atoms with Crippen LogP contribution in [0.1, 0.15) is 50.2 Å². The molecule has 0 saturated heterocycles. The van der Waals surface area contributed by atoms with Crippen molar-refractivity contribution in [2.24, 2.45) is 0 Å². The van der Waals surface area contributed by atoms with Crippen molar-refractivity contribution in [2.45, 2.75) is 45.6 Å². The van der Waals surface area contributed by atoms with E-state index in [0.29, 0.717) is 46.4 Å². The van der Waals surface area contributed by atoms with Crippen LogP contribution in [0.25, 0.3) is 0 Å². The van der Waals surface area contributed by atoms with Gasteiger partial charge in [0.2, 0.25) is 0 Å². The fourth-order valence-corrected chi connectivity index (χ4v) is 4.65. The molecular weight excluding hydrogens is 454 g/mol. The lowest BCUT2D eigenvalue weighted by atomic mass is 9.75. The van der Waals surface area contributed by atoms with E-state index in [1.54, 1.807) is 14.0 Å². The first-order chi connectivity index (χ1) is 16.4. The summed E-state index contributed by atoms with van der Waals surface area (Å²) in [6.07, 6.45) is 2.02. The number of rotatable bonds is 7. The summed E-state index contributed by atoms with van der Waals surface area (Å²) in [5, 5.41) is 3.96. The SMILES string of the molecule is CCOC(=O)C1=C(C)NC2=C(C(=O)CCC2)[C@H]1c1ccc(OCc2ccc(Cl)cc2)c(OC)c1. The lowest BCUT2D eigenvalue weighted by molar-refractivity contribution is -0.138. The Kier molecular flexibility index (Phi) is 7.27. The topological polar surface area (TPSA) is 73.9 Å². The Balaban J connectivity index is 1.71. The summed E-state index contributed by atoms with van der Waals surface area (Å²) in [4.78, 5) is 26.0. The Bertz CT molecular complexity index is 1170. The quantitative estimate of drug-likeness (QED) is 0.529. The molecule has 1 aliphatic heterocycles. The molecular formula is C27H28ClNO5. The number of benzene rings is 2. The Labute approximate surface area is 204 Å². The number of ketones is 1. The number of allylic oxidation sites excluding steroid dienone is 3. The molecule has 4 rings (SSSR count). The van der Waals surface area contributed by atoms with Crippen LogP contribution in [0.5, 0.6) is 11.5 Å². The largest absolute Gasteiger partial charge is 0.493 e. The first kappa shape index (κ1) is 23.9. The zero-order chi connectivity index (χ0) is 24.2. The van der Waals surface area contributed by atoms with Gasteiger partial charge < -0.3 is 19.5 Å². The summed E-state index contributed by atoms with van der Waals surface area (Å²) >= 11 is 5.96. The molecule has 0 aromatic heterocycles. The zero-order valence-corrected chi connectivity index (χ0v) is 20.3. The summed E-state index contributed by atoms with van der Waals surface area (Å²) in [5.41, 5.74) is 4.43.